The number of para-hydroxylation sites is 1. The molecule has 0 saturated heterocycles. The van der Waals surface area contributed by atoms with Crippen molar-refractivity contribution in [2.45, 2.75) is 13.3 Å². The van der Waals surface area contributed by atoms with Gasteiger partial charge in [-0.15, -0.1) is 0 Å². The Bertz CT molecular complexity index is 777. The highest BCUT2D eigenvalue weighted by atomic mass is 35.5. The molecule has 0 spiro atoms. The van der Waals surface area contributed by atoms with Gasteiger partial charge in [-0.05, 0) is 42.8 Å². The quantitative estimate of drug-likeness (QED) is 0.613. The van der Waals surface area contributed by atoms with E-state index < -0.39 is 5.91 Å². The van der Waals surface area contributed by atoms with E-state index in [1.165, 1.54) is 6.08 Å². The molecule has 1 amide bonds. The van der Waals surface area contributed by atoms with Gasteiger partial charge in [0, 0.05) is 16.3 Å². The minimum Gasteiger partial charge on any atom is -0.493 e. The predicted octanol–water partition coefficient (Wildman–Crippen LogP) is 4.67. The summed E-state index contributed by atoms with van der Waals surface area (Å²) in [5.41, 5.74) is 1.26. The van der Waals surface area contributed by atoms with Crippen LogP contribution in [0.3, 0.4) is 0 Å². The molecule has 1 N–H and O–H groups in total. The summed E-state index contributed by atoms with van der Waals surface area (Å²) < 4.78 is 5.64. The van der Waals surface area contributed by atoms with Crippen molar-refractivity contribution in [3.63, 3.8) is 0 Å². The predicted molar refractivity (Wildman–Crippen MR) is 95.9 cm³/mol. The van der Waals surface area contributed by atoms with Gasteiger partial charge in [0.15, 0.2) is 0 Å². The summed E-state index contributed by atoms with van der Waals surface area (Å²) in [4.78, 5) is 12.3. The maximum Gasteiger partial charge on any atom is 0.266 e. The fourth-order valence-corrected chi connectivity index (χ4v) is 2.10. The molecule has 24 heavy (non-hydrogen) atoms. The molecule has 0 aliphatic heterocycles. The zero-order valence-electron chi connectivity index (χ0n) is 13.3. The van der Waals surface area contributed by atoms with Crippen LogP contribution in [0.2, 0.25) is 5.02 Å². The van der Waals surface area contributed by atoms with Crippen LogP contribution in [0.15, 0.2) is 54.1 Å². The van der Waals surface area contributed by atoms with Crippen LogP contribution in [0.25, 0.3) is 6.08 Å². The SMILES string of the molecule is CCCOc1ccccc1/C=C(\C#N)C(=O)Nc1ccc(Cl)cc1. The van der Waals surface area contributed by atoms with Crippen molar-refractivity contribution in [1.29, 1.82) is 5.26 Å². The third-order valence-electron chi connectivity index (χ3n) is 3.15. The van der Waals surface area contributed by atoms with Gasteiger partial charge in [-0.1, -0.05) is 36.7 Å². The number of anilines is 1. The van der Waals surface area contributed by atoms with Gasteiger partial charge in [0.05, 0.1) is 6.61 Å². The lowest BCUT2D eigenvalue weighted by atomic mass is 10.1. The zero-order chi connectivity index (χ0) is 17.4. The van der Waals surface area contributed by atoms with Crippen LogP contribution in [-0.4, -0.2) is 12.5 Å². The molecule has 0 aliphatic rings. The molecule has 0 aliphatic carbocycles. The smallest absolute Gasteiger partial charge is 0.266 e. The van der Waals surface area contributed by atoms with Gasteiger partial charge in [-0.3, -0.25) is 4.79 Å². The van der Waals surface area contributed by atoms with Crippen molar-refractivity contribution in [2.24, 2.45) is 0 Å². The van der Waals surface area contributed by atoms with Gasteiger partial charge in [0.2, 0.25) is 0 Å². The normalized spacial score (nSPS) is 10.8. The Hall–Kier alpha value is -2.77. The number of benzene rings is 2. The maximum atomic E-state index is 12.3. The average Bonchev–Trinajstić information content (AvgIpc) is 2.60. The summed E-state index contributed by atoms with van der Waals surface area (Å²) in [7, 11) is 0. The van der Waals surface area contributed by atoms with Gasteiger partial charge in [-0.25, -0.2) is 0 Å². The van der Waals surface area contributed by atoms with E-state index >= 15 is 0 Å². The fraction of sp³-hybridized carbons (Fsp3) is 0.158. The van der Waals surface area contributed by atoms with E-state index in [9.17, 15) is 10.1 Å². The number of amides is 1. The molecule has 4 nitrogen and oxygen atoms in total. The molecule has 2 rings (SSSR count). The Morgan fingerprint density at radius 3 is 2.62 bits per heavy atom. The van der Waals surface area contributed by atoms with Gasteiger partial charge >= 0.3 is 0 Å². The first-order valence-corrected chi connectivity index (χ1v) is 7.92. The number of carbonyl (C=O) groups is 1. The second kappa shape index (κ2) is 8.76. The van der Waals surface area contributed by atoms with E-state index in [0.29, 0.717) is 28.6 Å². The van der Waals surface area contributed by atoms with Crippen molar-refractivity contribution < 1.29 is 9.53 Å². The molecule has 0 aromatic heterocycles. The average molecular weight is 341 g/mol. The lowest BCUT2D eigenvalue weighted by molar-refractivity contribution is -0.112. The number of carbonyl (C=O) groups excluding carboxylic acids is 1. The Balaban J connectivity index is 2.21. The van der Waals surface area contributed by atoms with Gasteiger partial charge < -0.3 is 10.1 Å². The van der Waals surface area contributed by atoms with E-state index in [1.807, 2.05) is 31.2 Å². The highest BCUT2D eigenvalue weighted by Gasteiger charge is 2.11. The molecule has 0 bridgehead atoms. The summed E-state index contributed by atoms with van der Waals surface area (Å²) in [6.07, 6.45) is 2.40. The molecule has 122 valence electrons. The topological polar surface area (TPSA) is 62.1 Å². The Kier molecular flexibility index (Phi) is 6.41. The molecule has 0 atom stereocenters. The zero-order valence-corrected chi connectivity index (χ0v) is 14.0. The molecule has 5 heteroatoms. The summed E-state index contributed by atoms with van der Waals surface area (Å²) in [6.45, 7) is 2.59. The third-order valence-corrected chi connectivity index (χ3v) is 3.40. The van der Waals surface area contributed by atoms with Crippen LogP contribution < -0.4 is 10.1 Å². The van der Waals surface area contributed by atoms with E-state index in [2.05, 4.69) is 5.32 Å². The minimum atomic E-state index is -0.481. The molecular formula is C19H17ClN2O2. The molecule has 0 radical (unpaired) electrons. The first-order valence-electron chi connectivity index (χ1n) is 7.54. The first kappa shape index (κ1) is 17.6. The molecule has 0 fully saturated rings. The minimum absolute atomic E-state index is 0.00232. The van der Waals surface area contributed by atoms with Crippen LogP contribution in [0.5, 0.6) is 5.75 Å². The van der Waals surface area contributed by atoms with Gasteiger partial charge in [0.1, 0.15) is 17.4 Å². The fourth-order valence-electron chi connectivity index (χ4n) is 1.98. The second-order valence-corrected chi connectivity index (χ2v) is 5.45. The summed E-state index contributed by atoms with van der Waals surface area (Å²) in [5, 5.41) is 12.6. The number of ether oxygens (including phenoxy) is 1. The van der Waals surface area contributed by atoms with E-state index in [0.717, 1.165) is 6.42 Å². The van der Waals surface area contributed by atoms with Gasteiger partial charge in [-0.2, -0.15) is 5.26 Å². The van der Waals surface area contributed by atoms with Crippen molar-refractivity contribution in [3.8, 4) is 11.8 Å². The Morgan fingerprint density at radius 1 is 1.25 bits per heavy atom. The number of hydrogen-bond acceptors (Lipinski definition) is 3. The lowest BCUT2D eigenvalue weighted by Crippen LogP contribution is -2.13. The maximum absolute atomic E-state index is 12.3. The van der Waals surface area contributed by atoms with Crippen LogP contribution in [0, 0.1) is 11.3 Å². The summed E-state index contributed by atoms with van der Waals surface area (Å²) >= 11 is 5.81. The number of rotatable bonds is 6. The van der Waals surface area contributed by atoms with E-state index in [-0.39, 0.29) is 5.57 Å². The Labute approximate surface area is 146 Å². The number of hydrogen-bond donors (Lipinski definition) is 1. The van der Waals surface area contributed by atoms with E-state index in [4.69, 9.17) is 16.3 Å². The largest absolute Gasteiger partial charge is 0.493 e. The van der Waals surface area contributed by atoms with Crippen molar-refractivity contribution >= 4 is 29.3 Å². The van der Waals surface area contributed by atoms with Crippen LogP contribution in [0.4, 0.5) is 5.69 Å². The van der Waals surface area contributed by atoms with Crippen LogP contribution in [0.1, 0.15) is 18.9 Å². The monoisotopic (exact) mass is 340 g/mol. The number of nitrogens with one attached hydrogen (secondary N) is 1. The highest BCUT2D eigenvalue weighted by Crippen LogP contribution is 2.22. The highest BCUT2D eigenvalue weighted by molar-refractivity contribution is 6.30. The number of halogens is 1. The first-order chi connectivity index (χ1) is 11.6. The van der Waals surface area contributed by atoms with Crippen molar-refractivity contribution in [3.05, 3.63) is 64.7 Å². The molecule has 0 saturated carbocycles. The second-order valence-electron chi connectivity index (χ2n) is 5.02. The van der Waals surface area contributed by atoms with Crippen LogP contribution >= 0.6 is 11.6 Å². The van der Waals surface area contributed by atoms with Crippen LogP contribution in [-0.2, 0) is 4.79 Å². The van der Waals surface area contributed by atoms with E-state index in [1.54, 1.807) is 30.3 Å². The summed E-state index contributed by atoms with van der Waals surface area (Å²) in [6, 6.07) is 15.9. The lowest BCUT2D eigenvalue weighted by Gasteiger charge is -2.09. The number of nitriles is 1. The molecule has 0 unspecified atom stereocenters. The molecule has 0 heterocycles. The molecule has 2 aromatic rings. The number of nitrogens with zero attached hydrogens (tertiary/aromatic N) is 1. The molecule has 2 aromatic carbocycles. The van der Waals surface area contributed by atoms with Crippen molar-refractivity contribution in [1.82, 2.24) is 0 Å². The standard InChI is InChI=1S/C19H17ClN2O2/c1-2-11-24-18-6-4-3-5-14(18)12-15(13-21)19(23)22-17-9-7-16(20)8-10-17/h3-10,12H,2,11H2,1H3,(H,22,23)/b15-12+. The summed E-state index contributed by atoms with van der Waals surface area (Å²) in [5.74, 6) is 0.163. The Morgan fingerprint density at radius 2 is 1.96 bits per heavy atom. The van der Waals surface area contributed by atoms with Gasteiger partial charge in [0.25, 0.3) is 5.91 Å². The third kappa shape index (κ3) is 4.87. The van der Waals surface area contributed by atoms with Crippen molar-refractivity contribution in [2.75, 3.05) is 11.9 Å². The molecular weight excluding hydrogens is 324 g/mol.